The summed E-state index contributed by atoms with van der Waals surface area (Å²) in [4.78, 5) is 10.5. The first-order chi connectivity index (χ1) is 9.43. The van der Waals surface area contributed by atoms with Gasteiger partial charge in [0.05, 0.1) is 16.3 Å². The fourth-order valence-corrected chi connectivity index (χ4v) is 2.38. The smallest absolute Gasteiger partial charge is 0.319 e. The maximum Gasteiger partial charge on any atom is 0.463 e. The molecule has 1 amide bonds. The normalized spacial score (nSPS) is 13.0. The molecule has 0 radical (unpaired) electrons. The Labute approximate surface area is 116 Å². The molecule has 0 aliphatic carbocycles. The number of nitrogens with one attached hydrogen (secondary N) is 1. The monoisotopic (exact) mass is 331 g/mol. The van der Waals surface area contributed by atoms with Gasteiger partial charge in [0.25, 0.3) is 0 Å². The quantitative estimate of drug-likeness (QED) is 0.863. The molecule has 1 N–H and O–H groups in total. The maximum atomic E-state index is 12.8. The zero-order valence-electron chi connectivity index (χ0n) is 10.5. The van der Waals surface area contributed by atoms with Crippen LogP contribution in [0.3, 0.4) is 0 Å². The lowest BCUT2D eigenvalue weighted by Crippen LogP contribution is -2.47. The second kappa shape index (κ2) is 5.58. The second-order valence-electron chi connectivity index (χ2n) is 3.93. The number of para-hydroxylation sites is 1. The number of halogens is 5. The average Bonchev–Trinajstić information content (AvgIpc) is 2.37. The minimum atomic E-state index is -6.07. The first-order valence-corrected chi connectivity index (χ1v) is 7.16. The molecule has 0 unspecified atom stereocenters. The van der Waals surface area contributed by atoms with Crippen molar-refractivity contribution in [2.24, 2.45) is 0 Å². The van der Waals surface area contributed by atoms with Crippen molar-refractivity contribution in [2.75, 3.05) is 11.1 Å². The highest BCUT2D eigenvalue weighted by molar-refractivity contribution is 7.91. The number of anilines is 1. The Morgan fingerprint density at radius 3 is 2.14 bits per heavy atom. The molecule has 118 valence electrons. The van der Waals surface area contributed by atoms with Crippen molar-refractivity contribution < 1.29 is 35.2 Å². The second-order valence-corrected chi connectivity index (χ2v) is 6.17. The standard InChI is InChI=1S/C11H10F5NO3S/c1-2-21(19,20)8-6-4-3-5-7(8)17-9(18)10(12,13)11(14,15)16/h3-6H,2H2,1H3,(H,17,18). The van der Waals surface area contributed by atoms with Crippen molar-refractivity contribution in [3.8, 4) is 0 Å². The van der Waals surface area contributed by atoms with E-state index >= 15 is 0 Å². The highest BCUT2D eigenvalue weighted by Crippen LogP contribution is 2.36. The van der Waals surface area contributed by atoms with Crippen LogP contribution in [0.15, 0.2) is 29.2 Å². The van der Waals surface area contributed by atoms with Gasteiger partial charge in [0.2, 0.25) is 0 Å². The summed E-state index contributed by atoms with van der Waals surface area (Å²) < 4.78 is 85.2. The molecule has 0 spiro atoms. The molecule has 0 saturated heterocycles. The van der Waals surface area contributed by atoms with Crippen molar-refractivity contribution in [1.82, 2.24) is 0 Å². The fourth-order valence-electron chi connectivity index (χ4n) is 1.33. The molecule has 21 heavy (non-hydrogen) atoms. The van der Waals surface area contributed by atoms with Crippen LogP contribution < -0.4 is 5.32 Å². The first-order valence-electron chi connectivity index (χ1n) is 5.51. The number of alkyl halides is 5. The molecule has 0 fully saturated rings. The van der Waals surface area contributed by atoms with Gasteiger partial charge in [0.15, 0.2) is 9.84 Å². The fraction of sp³-hybridized carbons (Fsp3) is 0.364. The van der Waals surface area contributed by atoms with Crippen molar-refractivity contribution >= 4 is 21.4 Å². The molecule has 0 aliphatic heterocycles. The summed E-state index contributed by atoms with van der Waals surface area (Å²) in [5.41, 5.74) is -0.631. The molecule has 1 aromatic carbocycles. The Hall–Kier alpha value is -1.71. The van der Waals surface area contributed by atoms with E-state index in [0.29, 0.717) is 0 Å². The average molecular weight is 331 g/mol. The molecule has 10 heteroatoms. The lowest BCUT2D eigenvalue weighted by Gasteiger charge is -2.19. The summed E-state index contributed by atoms with van der Waals surface area (Å²) in [5, 5.41) is 1.31. The summed E-state index contributed by atoms with van der Waals surface area (Å²) >= 11 is 0. The SMILES string of the molecule is CCS(=O)(=O)c1ccccc1NC(=O)C(F)(F)C(F)(F)F. The van der Waals surface area contributed by atoms with Gasteiger partial charge >= 0.3 is 18.0 Å². The van der Waals surface area contributed by atoms with E-state index in [-0.39, 0.29) is 0 Å². The minimum Gasteiger partial charge on any atom is -0.319 e. The van der Waals surface area contributed by atoms with E-state index in [0.717, 1.165) is 12.1 Å². The van der Waals surface area contributed by atoms with E-state index in [2.05, 4.69) is 0 Å². The number of carbonyl (C=O) groups is 1. The zero-order chi connectivity index (χ0) is 16.5. The Balaban J connectivity index is 3.20. The van der Waals surface area contributed by atoms with E-state index < -0.39 is 44.2 Å². The Bertz CT molecular complexity index is 640. The molecule has 0 saturated carbocycles. The van der Waals surface area contributed by atoms with Crippen LogP contribution in [-0.2, 0) is 14.6 Å². The minimum absolute atomic E-state index is 0.407. The Kier molecular flexibility index (Phi) is 4.61. The van der Waals surface area contributed by atoms with E-state index in [1.54, 1.807) is 0 Å². The molecule has 0 atom stereocenters. The Morgan fingerprint density at radius 1 is 1.14 bits per heavy atom. The van der Waals surface area contributed by atoms with Crippen LogP contribution in [0.4, 0.5) is 27.6 Å². The lowest BCUT2D eigenvalue weighted by molar-refractivity contribution is -0.267. The van der Waals surface area contributed by atoms with Gasteiger partial charge in [-0.1, -0.05) is 19.1 Å². The van der Waals surface area contributed by atoms with Gasteiger partial charge in [0, 0.05) is 0 Å². The van der Waals surface area contributed by atoms with Gasteiger partial charge in [-0.3, -0.25) is 4.79 Å². The number of hydrogen-bond donors (Lipinski definition) is 1. The number of benzene rings is 1. The first kappa shape index (κ1) is 17.3. The van der Waals surface area contributed by atoms with Crippen LogP contribution in [0, 0.1) is 0 Å². The summed E-state index contributed by atoms with van der Waals surface area (Å²) in [6.45, 7) is 1.26. The zero-order valence-corrected chi connectivity index (χ0v) is 11.4. The van der Waals surface area contributed by atoms with Gasteiger partial charge < -0.3 is 5.32 Å². The molecule has 0 aliphatic rings. The van der Waals surface area contributed by atoms with E-state index in [4.69, 9.17) is 0 Å². The van der Waals surface area contributed by atoms with Crippen molar-refractivity contribution in [1.29, 1.82) is 0 Å². The molecule has 1 aromatic rings. The third-order valence-corrected chi connectivity index (χ3v) is 4.28. The van der Waals surface area contributed by atoms with Crippen LogP contribution in [0.25, 0.3) is 0 Å². The summed E-state index contributed by atoms with van der Waals surface area (Å²) in [6, 6.07) is 4.36. The predicted octanol–water partition coefficient (Wildman–Crippen LogP) is 2.62. The van der Waals surface area contributed by atoms with Gasteiger partial charge in [-0.15, -0.1) is 0 Å². The number of rotatable bonds is 4. The highest BCUT2D eigenvalue weighted by atomic mass is 32.2. The van der Waals surface area contributed by atoms with Crippen molar-refractivity contribution in [3.63, 3.8) is 0 Å². The van der Waals surface area contributed by atoms with E-state index in [9.17, 15) is 35.2 Å². The van der Waals surface area contributed by atoms with Crippen molar-refractivity contribution in [2.45, 2.75) is 23.9 Å². The lowest BCUT2D eigenvalue weighted by atomic mass is 10.2. The molecular formula is C11H10F5NO3S. The van der Waals surface area contributed by atoms with Gasteiger partial charge in [-0.2, -0.15) is 22.0 Å². The predicted molar refractivity (Wildman–Crippen MR) is 63.8 cm³/mol. The third-order valence-electron chi connectivity index (χ3n) is 2.49. The molecule has 0 heterocycles. The topological polar surface area (TPSA) is 63.2 Å². The van der Waals surface area contributed by atoms with Crippen LogP contribution in [0.5, 0.6) is 0 Å². The molecule has 1 rings (SSSR count). The molecular weight excluding hydrogens is 321 g/mol. The van der Waals surface area contributed by atoms with Crippen LogP contribution in [0.2, 0.25) is 0 Å². The Morgan fingerprint density at radius 2 is 1.67 bits per heavy atom. The van der Waals surface area contributed by atoms with Gasteiger partial charge in [-0.25, -0.2) is 8.42 Å². The summed E-state index contributed by atoms with van der Waals surface area (Å²) in [6.07, 6.45) is -6.07. The number of carbonyl (C=O) groups excluding carboxylic acids is 1. The number of hydrogen-bond acceptors (Lipinski definition) is 3. The highest BCUT2D eigenvalue weighted by Gasteiger charge is 2.63. The van der Waals surface area contributed by atoms with E-state index in [1.807, 2.05) is 0 Å². The maximum absolute atomic E-state index is 12.8. The molecule has 0 bridgehead atoms. The van der Waals surface area contributed by atoms with Crippen LogP contribution >= 0.6 is 0 Å². The summed E-state index contributed by atoms with van der Waals surface area (Å²) in [5.74, 6) is -8.68. The largest absolute Gasteiger partial charge is 0.463 e. The van der Waals surface area contributed by atoms with Crippen LogP contribution in [-0.4, -0.2) is 32.2 Å². The van der Waals surface area contributed by atoms with Crippen LogP contribution in [0.1, 0.15) is 6.92 Å². The van der Waals surface area contributed by atoms with Crippen molar-refractivity contribution in [3.05, 3.63) is 24.3 Å². The van der Waals surface area contributed by atoms with Gasteiger partial charge in [0.1, 0.15) is 0 Å². The van der Waals surface area contributed by atoms with Gasteiger partial charge in [-0.05, 0) is 12.1 Å². The molecule has 0 aromatic heterocycles. The molecule has 4 nitrogen and oxygen atoms in total. The summed E-state index contributed by atoms with van der Waals surface area (Å²) in [7, 11) is -3.90. The third kappa shape index (κ3) is 3.49. The number of amides is 1. The van der Waals surface area contributed by atoms with E-state index in [1.165, 1.54) is 24.4 Å². The number of sulfone groups is 1.